The van der Waals surface area contributed by atoms with Crippen molar-refractivity contribution in [1.29, 1.82) is 0 Å². The quantitative estimate of drug-likeness (QED) is 0.822. The number of nitrogens with zero attached hydrogens (tertiary/aromatic N) is 1. The zero-order valence-corrected chi connectivity index (χ0v) is 12.2. The van der Waals surface area contributed by atoms with Crippen LogP contribution in [0.4, 0.5) is 18.9 Å². The third-order valence-corrected chi connectivity index (χ3v) is 3.89. The van der Waals surface area contributed by atoms with Gasteiger partial charge in [-0.3, -0.25) is 0 Å². The molecule has 1 fully saturated rings. The largest absolute Gasteiger partial charge is 0.416 e. The number of alkyl halides is 3. The third-order valence-electron chi connectivity index (χ3n) is 3.53. The van der Waals surface area contributed by atoms with Gasteiger partial charge in [-0.1, -0.05) is 0 Å². The van der Waals surface area contributed by atoms with Gasteiger partial charge in [-0.25, -0.2) is 0 Å². The first kappa shape index (κ1) is 16.0. The van der Waals surface area contributed by atoms with Gasteiger partial charge in [0.05, 0.1) is 5.56 Å². The molecule has 1 saturated heterocycles. The van der Waals surface area contributed by atoms with Crippen molar-refractivity contribution in [2.75, 3.05) is 25.0 Å². The first-order valence-electron chi connectivity index (χ1n) is 6.74. The number of likely N-dealkylation sites (tertiary alicyclic amines) is 1. The Morgan fingerprint density at radius 1 is 1.33 bits per heavy atom. The summed E-state index contributed by atoms with van der Waals surface area (Å²) in [6, 6.07) is 4.78. The highest BCUT2D eigenvalue weighted by atomic mass is 32.1. The van der Waals surface area contributed by atoms with E-state index in [2.05, 4.69) is 5.32 Å². The van der Waals surface area contributed by atoms with Crippen molar-refractivity contribution < 1.29 is 18.3 Å². The molecule has 1 atom stereocenters. The van der Waals surface area contributed by atoms with E-state index in [0.29, 0.717) is 17.3 Å². The molecule has 3 nitrogen and oxygen atoms in total. The van der Waals surface area contributed by atoms with Crippen LogP contribution in [0.3, 0.4) is 0 Å². The van der Waals surface area contributed by atoms with Crippen molar-refractivity contribution in [3.63, 3.8) is 0 Å². The van der Waals surface area contributed by atoms with E-state index in [4.69, 9.17) is 12.2 Å². The molecule has 1 aromatic rings. The van der Waals surface area contributed by atoms with Gasteiger partial charge < -0.3 is 15.3 Å². The lowest BCUT2D eigenvalue weighted by atomic mass is 9.99. The maximum absolute atomic E-state index is 12.5. The predicted octanol–water partition coefficient (Wildman–Crippen LogP) is 3.11. The summed E-state index contributed by atoms with van der Waals surface area (Å²) in [6.07, 6.45) is -2.42. The maximum atomic E-state index is 12.5. The van der Waals surface area contributed by atoms with Gasteiger partial charge >= 0.3 is 6.18 Å². The van der Waals surface area contributed by atoms with Crippen molar-refractivity contribution in [1.82, 2.24) is 4.90 Å². The number of piperidine rings is 1. The summed E-state index contributed by atoms with van der Waals surface area (Å²) in [7, 11) is 0. The number of hydrogen-bond donors (Lipinski definition) is 2. The Morgan fingerprint density at radius 3 is 2.57 bits per heavy atom. The van der Waals surface area contributed by atoms with Crippen molar-refractivity contribution in [3.05, 3.63) is 29.8 Å². The van der Waals surface area contributed by atoms with Gasteiger partial charge in [0.2, 0.25) is 0 Å². The average molecular weight is 318 g/mol. The molecule has 1 unspecified atom stereocenters. The van der Waals surface area contributed by atoms with Gasteiger partial charge in [-0.2, -0.15) is 13.2 Å². The third kappa shape index (κ3) is 4.31. The standard InChI is InChI=1S/C14H17F3N2OS/c15-14(16,17)11-3-5-12(6-4-11)18-13(21)19-7-1-2-10(8-19)9-20/h3-6,10,20H,1-2,7-9H2,(H,18,21). The summed E-state index contributed by atoms with van der Waals surface area (Å²) in [5.41, 5.74) is -0.156. The number of rotatable bonds is 2. The average Bonchev–Trinajstić information content (AvgIpc) is 2.47. The molecule has 0 amide bonds. The lowest BCUT2D eigenvalue weighted by Gasteiger charge is -2.33. The highest BCUT2D eigenvalue weighted by molar-refractivity contribution is 7.80. The van der Waals surface area contributed by atoms with Gasteiger partial charge in [0, 0.05) is 25.4 Å². The van der Waals surface area contributed by atoms with Crippen LogP contribution in [-0.4, -0.2) is 34.8 Å². The van der Waals surface area contributed by atoms with E-state index in [0.717, 1.165) is 31.5 Å². The maximum Gasteiger partial charge on any atom is 0.416 e. The molecule has 0 aromatic heterocycles. The Kier molecular flexibility index (Phi) is 5.05. The smallest absolute Gasteiger partial charge is 0.396 e. The van der Waals surface area contributed by atoms with Crippen LogP contribution in [0.1, 0.15) is 18.4 Å². The Balaban J connectivity index is 1.96. The molecule has 2 rings (SSSR count). The Labute approximate surface area is 126 Å². The number of aliphatic hydroxyl groups excluding tert-OH is 1. The van der Waals surface area contributed by atoms with E-state index >= 15 is 0 Å². The highest BCUT2D eigenvalue weighted by Crippen LogP contribution is 2.29. The van der Waals surface area contributed by atoms with Crippen LogP contribution in [0.2, 0.25) is 0 Å². The second-order valence-corrected chi connectivity index (χ2v) is 5.53. The number of nitrogens with one attached hydrogen (secondary N) is 1. The number of halogens is 3. The van der Waals surface area contributed by atoms with E-state index in [1.165, 1.54) is 12.1 Å². The minimum Gasteiger partial charge on any atom is -0.396 e. The lowest BCUT2D eigenvalue weighted by molar-refractivity contribution is -0.137. The molecule has 0 saturated carbocycles. The van der Waals surface area contributed by atoms with Crippen molar-refractivity contribution in [2.24, 2.45) is 5.92 Å². The molecule has 1 aromatic carbocycles. The first-order chi connectivity index (χ1) is 9.90. The molecule has 116 valence electrons. The van der Waals surface area contributed by atoms with Crippen LogP contribution in [0.25, 0.3) is 0 Å². The molecule has 2 N–H and O–H groups in total. The molecule has 1 heterocycles. The summed E-state index contributed by atoms with van der Waals surface area (Å²) in [6.45, 7) is 1.59. The van der Waals surface area contributed by atoms with Crippen molar-refractivity contribution in [3.8, 4) is 0 Å². The zero-order valence-electron chi connectivity index (χ0n) is 11.4. The van der Waals surface area contributed by atoms with E-state index in [-0.39, 0.29) is 12.5 Å². The lowest BCUT2D eigenvalue weighted by Crippen LogP contribution is -2.43. The predicted molar refractivity (Wildman–Crippen MR) is 79.0 cm³/mol. The van der Waals surface area contributed by atoms with Gasteiger partial charge in [0.25, 0.3) is 0 Å². The minimum absolute atomic E-state index is 0.124. The van der Waals surface area contributed by atoms with Crippen LogP contribution in [0.5, 0.6) is 0 Å². The van der Waals surface area contributed by atoms with Crippen molar-refractivity contribution >= 4 is 23.0 Å². The van der Waals surface area contributed by atoms with Gasteiger partial charge in [-0.15, -0.1) is 0 Å². The molecule has 0 radical (unpaired) electrons. The Bertz CT molecular complexity index is 490. The Morgan fingerprint density at radius 2 is 2.00 bits per heavy atom. The fourth-order valence-corrected chi connectivity index (χ4v) is 2.63. The van der Waals surface area contributed by atoms with Crippen LogP contribution < -0.4 is 5.32 Å². The summed E-state index contributed by atoms with van der Waals surface area (Å²) in [4.78, 5) is 1.94. The molecule has 1 aliphatic heterocycles. The monoisotopic (exact) mass is 318 g/mol. The Hall–Kier alpha value is -1.34. The summed E-state index contributed by atoms with van der Waals surface area (Å²) in [5, 5.41) is 12.6. The number of hydrogen-bond acceptors (Lipinski definition) is 2. The second-order valence-electron chi connectivity index (χ2n) is 5.14. The number of benzene rings is 1. The molecule has 7 heteroatoms. The minimum atomic E-state index is -4.33. The van der Waals surface area contributed by atoms with Gasteiger partial charge in [-0.05, 0) is 55.2 Å². The van der Waals surface area contributed by atoms with Crippen molar-refractivity contribution in [2.45, 2.75) is 19.0 Å². The van der Waals surface area contributed by atoms with Gasteiger partial charge in [0.1, 0.15) is 0 Å². The first-order valence-corrected chi connectivity index (χ1v) is 7.15. The van der Waals surface area contributed by atoms with Gasteiger partial charge in [0.15, 0.2) is 5.11 Å². The van der Waals surface area contributed by atoms with E-state index in [1.54, 1.807) is 0 Å². The molecule has 1 aliphatic rings. The second kappa shape index (κ2) is 6.62. The number of anilines is 1. The SMILES string of the molecule is OCC1CCCN(C(=S)Nc2ccc(C(F)(F)F)cc2)C1. The summed E-state index contributed by atoms with van der Waals surface area (Å²) in [5.74, 6) is 0.200. The van der Waals surface area contributed by atoms with E-state index < -0.39 is 11.7 Å². The fraction of sp³-hybridized carbons (Fsp3) is 0.500. The molecular formula is C14H17F3N2OS. The molecule has 21 heavy (non-hydrogen) atoms. The fourth-order valence-electron chi connectivity index (χ4n) is 2.34. The normalized spacial score (nSPS) is 19.4. The highest BCUT2D eigenvalue weighted by Gasteiger charge is 2.30. The van der Waals surface area contributed by atoms with E-state index in [9.17, 15) is 18.3 Å². The zero-order chi connectivity index (χ0) is 15.5. The molecule has 0 aliphatic carbocycles. The van der Waals surface area contributed by atoms with Crippen LogP contribution >= 0.6 is 12.2 Å². The molecule has 0 bridgehead atoms. The van der Waals surface area contributed by atoms with Crippen LogP contribution in [0.15, 0.2) is 24.3 Å². The number of aliphatic hydroxyl groups is 1. The number of thiocarbonyl (C=S) groups is 1. The van der Waals surface area contributed by atoms with Crippen LogP contribution in [0, 0.1) is 5.92 Å². The molecular weight excluding hydrogens is 301 g/mol. The van der Waals surface area contributed by atoms with Crippen LogP contribution in [-0.2, 0) is 6.18 Å². The van der Waals surface area contributed by atoms with E-state index in [1.807, 2.05) is 4.90 Å². The molecule has 0 spiro atoms. The summed E-state index contributed by atoms with van der Waals surface area (Å²) < 4.78 is 37.4. The summed E-state index contributed by atoms with van der Waals surface area (Å²) >= 11 is 5.27. The topological polar surface area (TPSA) is 35.5 Å².